The third-order valence-corrected chi connectivity index (χ3v) is 6.09. The van der Waals surface area contributed by atoms with Gasteiger partial charge < -0.3 is 5.32 Å². The minimum atomic E-state index is -3.80. The molecule has 2 aromatic carbocycles. The van der Waals surface area contributed by atoms with E-state index in [2.05, 4.69) is 20.1 Å². The zero-order valence-electron chi connectivity index (χ0n) is 17.5. The predicted octanol–water partition coefficient (Wildman–Crippen LogP) is 3.94. The molecule has 0 atom stereocenters. The van der Waals surface area contributed by atoms with Gasteiger partial charge in [-0.25, -0.2) is 18.1 Å². The average Bonchev–Trinajstić information content (AvgIpc) is 3.13. The van der Waals surface area contributed by atoms with Crippen molar-refractivity contribution in [2.75, 3.05) is 10.0 Å². The number of hydrogen-bond donors (Lipinski definition) is 2. The molecule has 0 saturated carbocycles. The highest BCUT2D eigenvalue weighted by Gasteiger charge is 2.17. The van der Waals surface area contributed by atoms with Crippen LogP contribution < -0.4 is 10.0 Å². The van der Waals surface area contributed by atoms with Gasteiger partial charge in [0.05, 0.1) is 27.5 Å². The number of sulfonamides is 1. The fourth-order valence-electron chi connectivity index (χ4n) is 3.19. The zero-order valence-corrected chi connectivity index (χ0v) is 18.3. The maximum absolute atomic E-state index is 12.8. The molecule has 0 aliphatic carbocycles. The molecule has 8 nitrogen and oxygen atoms in total. The molecule has 2 heterocycles. The average molecular weight is 448 g/mol. The molecule has 0 unspecified atom stereocenters. The van der Waals surface area contributed by atoms with Gasteiger partial charge in [-0.2, -0.15) is 5.10 Å². The molecular formula is C23H21N5O3S. The minimum absolute atomic E-state index is 0.130. The van der Waals surface area contributed by atoms with Crippen molar-refractivity contribution in [2.24, 2.45) is 0 Å². The number of hydrogen-bond acceptors (Lipinski definition) is 5. The molecule has 32 heavy (non-hydrogen) atoms. The van der Waals surface area contributed by atoms with E-state index in [1.165, 1.54) is 18.3 Å². The summed E-state index contributed by atoms with van der Waals surface area (Å²) in [4.78, 5) is 17.2. The second kappa shape index (κ2) is 8.64. The standard InChI is InChI=1S/C23H21N5O3S/c1-16-14-17(2)28(26-16)22-13-12-18(15-24-22)23(29)25-20-10-6-7-11-21(20)27-32(30,31)19-8-4-3-5-9-19/h3-15,27H,1-2H3,(H,25,29). The number of aromatic nitrogens is 3. The summed E-state index contributed by atoms with van der Waals surface area (Å²) in [6, 6.07) is 19.9. The Balaban J connectivity index is 1.54. The number of para-hydroxylation sites is 2. The molecule has 4 aromatic rings. The molecule has 0 spiro atoms. The second-order valence-electron chi connectivity index (χ2n) is 7.16. The Morgan fingerprint density at radius 1 is 0.906 bits per heavy atom. The van der Waals surface area contributed by atoms with Crippen molar-refractivity contribution >= 4 is 27.3 Å². The molecule has 9 heteroatoms. The number of benzene rings is 2. The first-order valence-corrected chi connectivity index (χ1v) is 11.3. The van der Waals surface area contributed by atoms with Crippen LogP contribution in [0.15, 0.2) is 83.9 Å². The summed E-state index contributed by atoms with van der Waals surface area (Å²) in [6.07, 6.45) is 1.46. The van der Waals surface area contributed by atoms with Crippen molar-refractivity contribution in [3.63, 3.8) is 0 Å². The molecule has 0 saturated heterocycles. The Kier molecular flexibility index (Phi) is 5.74. The van der Waals surface area contributed by atoms with E-state index >= 15 is 0 Å². The molecule has 0 radical (unpaired) electrons. The van der Waals surface area contributed by atoms with E-state index in [1.807, 2.05) is 19.9 Å². The van der Waals surface area contributed by atoms with Crippen LogP contribution in [0, 0.1) is 13.8 Å². The van der Waals surface area contributed by atoms with Gasteiger partial charge in [0.2, 0.25) is 0 Å². The zero-order chi connectivity index (χ0) is 22.7. The number of carbonyl (C=O) groups excluding carboxylic acids is 1. The van der Waals surface area contributed by atoms with Crippen molar-refractivity contribution in [3.8, 4) is 5.82 Å². The van der Waals surface area contributed by atoms with Gasteiger partial charge in [0.1, 0.15) is 0 Å². The summed E-state index contributed by atoms with van der Waals surface area (Å²) < 4.78 is 29.6. The summed E-state index contributed by atoms with van der Waals surface area (Å²) in [5.41, 5.74) is 2.74. The van der Waals surface area contributed by atoms with Gasteiger partial charge in [-0.3, -0.25) is 9.52 Å². The quantitative estimate of drug-likeness (QED) is 0.466. The summed E-state index contributed by atoms with van der Waals surface area (Å²) in [7, 11) is -3.80. The van der Waals surface area contributed by atoms with Gasteiger partial charge in [0.25, 0.3) is 15.9 Å². The lowest BCUT2D eigenvalue weighted by molar-refractivity contribution is 0.102. The summed E-state index contributed by atoms with van der Waals surface area (Å²) in [6.45, 7) is 3.82. The van der Waals surface area contributed by atoms with Gasteiger partial charge in [0.15, 0.2) is 5.82 Å². The molecule has 0 fully saturated rings. The van der Waals surface area contributed by atoms with Crippen molar-refractivity contribution in [2.45, 2.75) is 18.7 Å². The van der Waals surface area contributed by atoms with E-state index in [1.54, 1.807) is 59.3 Å². The van der Waals surface area contributed by atoms with Crippen LogP contribution in [-0.4, -0.2) is 29.1 Å². The molecule has 4 rings (SSSR count). The van der Waals surface area contributed by atoms with Crippen LogP contribution in [0.3, 0.4) is 0 Å². The molecule has 0 aliphatic heterocycles. The van der Waals surface area contributed by atoms with Gasteiger partial charge >= 0.3 is 0 Å². The van der Waals surface area contributed by atoms with Crippen molar-refractivity contribution in [1.29, 1.82) is 0 Å². The first-order chi connectivity index (χ1) is 15.3. The van der Waals surface area contributed by atoms with Crippen molar-refractivity contribution < 1.29 is 13.2 Å². The van der Waals surface area contributed by atoms with E-state index in [9.17, 15) is 13.2 Å². The van der Waals surface area contributed by atoms with Crippen LogP contribution in [0.4, 0.5) is 11.4 Å². The smallest absolute Gasteiger partial charge is 0.261 e. The van der Waals surface area contributed by atoms with Crippen molar-refractivity contribution in [3.05, 3.63) is 95.9 Å². The second-order valence-corrected chi connectivity index (χ2v) is 8.84. The SMILES string of the molecule is Cc1cc(C)n(-c2ccc(C(=O)Nc3ccccc3NS(=O)(=O)c3ccccc3)cn2)n1. The third-order valence-electron chi connectivity index (χ3n) is 4.71. The van der Waals surface area contributed by atoms with E-state index < -0.39 is 15.9 Å². The van der Waals surface area contributed by atoms with Gasteiger partial charge in [-0.1, -0.05) is 30.3 Å². The minimum Gasteiger partial charge on any atom is -0.320 e. The Morgan fingerprint density at radius 2 is 1.59 bits per heavy atom. The molecule has 0 aliphatic rings. The highest BCUT2D eigenvalue weighted by Crippen LogP contribution is 2.25. The maximum Gasteiger partial charge on any atom is 0.261 e. The van der Waals surface area contributed by atoms with Gasteiger partial charge in [-0.05, 0) is 56.3 Å². The van der Waals surface area contributed by atoms with Crippen LogP contribution >= 0.6 is 0 Å². The number of aryl methyl sites for hydroxylation is 2. The third kappa shape index (κ3) is 4.52. The van der Waals surface area contributed by atoms with Crippen LogP contribution in [0.25, 0.3) is 5.82 Å². The predicted molar refractivity (Wildman–Crippen MR) is 122 cm³/mol. The normalized spacial score (nSPS) is 11.2. The number of pyridine rings is 1. The number of rotatable bonds is 6. The lowest BCUT2D eigenvalue weighted by Gasteiger charge is -2.13. The summed E-state index contributed by atoms with van der Waals surface area (Å²) in [5, 5.41) is 7.13. The number of amides is 1. The largest absolute Gasteiger partial charge is 0.320 e. The number of nitrogens with one attached hydrogen (secondary N) is 2. The number of nitrogens with zero attached hydrogens (tertiary/aromatic N) is 3. The summed E-state index contributed by atoms with van der Waals surface area (Å²) in [5.74, 6) is 0.187. The molecule has 2 aromatic heterocycles. The Bertz CT molecular complexity index is 1360. The molecule has 162 valence electrons. The monoisotopic (exact) mass is 447 g/mol. The van der Waals surface area contributed by atoms with Crippen LogP contribution in [0.2, 0.25) is 0 Å². The highest BCUT2D eigenvalue weighted by molar-refractivity contribution is 7.92. The van der Waals surface area contributed by atoms with E-state index in [4.69, 9.17) is 0 Å². The first kappa shape index (κ1) is 21.3. The molecule has 1 amide bonds. The maximum atomic E-state index is 12.8. The molecule has 0 bridgehead atoms. The van der Waals surface area contributed by atoms with Crippen LogP contribution in [-0.2, 0) is 10.0 Å². The number of anilines is 2. The Hall–Kier alpha value is -3.98. The Labute approximate surface area is 186 Å². The van der Waals surface area contributed by atoms with Crippen LogP contribution in [0.5, 0.6) is 0 Å². The van der Waals surface area contributed by atoms with E-state index in [-0.39, 0.29) is 10.6 Å². The van der Waals surface area contributed by atoms with Gasteiger partial charge in [0, 0.05) is 11.9 Å². The lowest BCUT2D eigenvalue weighted by Crippen LogP contribution is -2.17. The highest BCUT2D eigenvalue weighted by atomic mass is 32.2. The fraction of sp³-hybridized carbons (Fsp3) is 0.0870. The first-order valence-electron chi connectivity index (χ1n) is 9.81. The number of carbonyl (C=O) groups is 1. The molecule has 2 N–H and O–H groups in total. The Morgan fingerprint density at radius 3 is 2.22 bits per heavy atom. The topological polar surface area (TPSA) is 106 Å². The van der Waals surface area contributed by atoms with Crippen LogP contribution in [0.1, 0.15) is 21.7 Å². The van der Waals surface area contributed by atoms with E-state index in [0.717, 1.165) is 11.4 Å². The van der Waals surface area contributed by atoms with Gasteiger partial charge in [-0.15, -0.1) is 0 Å². The van der Waals surface area contributed by atoms with E-state index in [0.29, 0.717) is 17.1 Å². The van der Waals surface area contributed by atoms with Crippen molar-refractivity contribution in [1.82, 2.24) is 14.8 Å². The summed E-state index contributed by atoms with van der Waals surface area (Å²) >= 11 is 0. The fourth-order valence-corrected chi connectivity index (χ4v) is 4.29. The molecular weight excluding hydrogens is 426 g/mol. The lowest BCUT2D eigenvalue weighted by atomic mass is 10.2.